The number of esters is 1. The number of rotatable bonds is 4. The zero-order valence-corrected chi connectivity index (χ0v) is 10.2. The second kappa shape index (κ2) is 5.14. The van der Waals surface area contributed by atoms with Crippen molar-refractivity contribution in [3.05, 3.63) is 34.2 Å². The quantitative estimate of drug-likeness (QED) is 0.766. The normalized spacial score (nSPS) is 13.2. The van der Waals surface area contributed by atoms with Gasteiger partial charge in [0.1, 0.15) is 11.7 Å². The number of ether oxygens (including phenoxy) is 1. The fourth-order valence-corrected chi connectivity index (χ4v) is 1.09. The van der Waals surface area contributed by atoms with Crippen LogP contribution in [-0.4, -0.2) is 28.8 Å². The summed E-state index contributed by atoms with van der Waals surface area (Å²) in [5, 5.41) is 9.14. The largest absolute Gasteiger partial charge is 0.458 e. The van der Waals surface area contributed by atoms with Gasteiger partial charge in [-0.15, -0.1) is 0 Å². The molecule has 0 unspecified atom stereocenters. The summed E-state index contributed by atoms with van der Waals surface area (Å²) < 4.78 is 5.15. The van der Waals surface area contributed by atoms with Gasteiger partial charge >= 0.3 is 5.97 Å². The first-order valence-corrected chi connectivity index (χ1v) is 5.37. The molecule has 0 fully saturated rings. The molecule has 1 heterocycles. The molecule has 0 radical (unpaired) electrons. The Balaban J connectivity index is 2.81. The Morgan fingerprint density at radius 3 is 2.76 bits per heavy atom. The molecule has 5 heteroatoms. The lowest BCUT2D eigenvalue weighted by atomic mass is 9.88. The van der Waals surface area contributed by atoms with E-state index in [1.54, 1.807) is 20.8 Å². The van der Waals surface area contributed by atoms with Crippen LogP contribution < -0.4 is 5.43 Å². The van der Waals surface area contributed by atoms with Crippen molar-refractivity contribution in [3.8, 4) is 0 Å². The van der Waals surface area contributed by atoms with Crippen LogP contribution >= 0.6 is 0 Å². The minimum absolute atomic E-state index is 0.0342. The molecule has 0 spiro atoms. The summed E-state index contributed by atoms with van der Waals surface area (Å²) >= 11 is 0. The van der Waals surface area contributed by atoms with Crippen molar-refractivity contribution in [2.45, 2.75) is 26.9 Å². The van der Waals surface area contributed by atoms with E-state index in [9.17, 15) is 9.59 Å². The molecule has 1 atom stereocenters. The van der Waals surface area contributed by atoms with Crippen LogP contribution in [0, 0.1) is 5.41 Å². The Morgan fingerprint density at radius 2 is 2.24 bits per heavy atom. The van der Waals surface area contributed by atoms with Crippen molar-refractivity contribution >= 4 is 5.97 Å². The fourth-order valence-electron chi connectivity index (χ4n) is 1.09. The lowest BCUT2D eigenvalue weighted by Gasteiger charge is -2.28. The van der Waals surface area contributed by atoms with Gasteiger partial charge in [-0.1, -0.05) is 13.8 Å². The van der Waals surface area contributed by atoms with Gasteiger partial charge in [0.15, 0.2) is 5.43 Å². The van der Waals surface area contributed by atoms with E-state index < -0.39 is 17.5 Å². The summed E-state index contributed by atoms with van der Waals surface area (Å²) in [4.78, 5) is 25.8. The first kappa shape index (κ1) is 13.4. The minimum Gasteiger partial charge on any atom is -0.458 e. The van der Waals surface area contributed by atoms with Crippen LogP contribution in [-0.2, 0) is 4.74 Å². The number of aliphatic hydroxyl groups is 1. The van der Waals surface area contributed by atoms with Crippen molar-refractivity contribution in [2.24, 2.45) is 5.41 Å². The van der Waals surface area contributed by atoms with Crippen molar-refractivity contribution in [1.29, 1.82) is 0 Å². The van der Waals surface area contributed by atoms with Gasteiger partial charge in [0, 0.05) is 23.9 Å². The molecule has 1 rings (SSSR count). The van der Waals surface area contributed by atoms with Crippen LogP contribution in [0.3, 0.4) is 0 Å². The van der Waals surface area contributed by atoms with Crippen LogP contribution in [0.4, 0.5) is 0 Å². The highest BCUT2D eigenvalue weighted by molar-refractivity contribution is 5.88. The summed E-state index contributed by atoms with van der Waals surface area (Å²) in [5.41, 5.74) is -0.965. The van der Waals surface area contributed by atoms with Gasteiger partial charge in [-0.2, -0.15) is 0 Å². The molecule has 0 saturated carbocycles. The maximum absolute atomic E-state index is 11.7. The maximum Gasteiger partial charge on any atom is 0.343 e. The maximum atomic E-state index is 11.7. The highest BCUT2D eigenvalue weighted by Gasteiger charge is 2.29. The average molecular weight is 239 g/mol. The van der Waals surface area contributed by atoms with Crippen molar-refractivity contribution in [1.82, 2.24) is 4.98 Å². The second-order valence-electron chi connectivity index (χ2n) is 4.62. The van der Waals surface area contributed by atoms with Gasteiger partial charge in [-0.3, -0.25) is 4.79 Å². The summed E-state index contributed by atoms with van der Waals surface area (Å²) in [6, 6.07) is 1.26. The predicted molar refractivity (Wildman–Crippen MR) is 62.8 cm³/mol. The molecule has 17 heavy (non-hydrogen) atoms. The summed E-state index contributed by atoms with van der Waals surface area (Å²) in [6.07, 6.45) is 2.27. The molecule has 0 amide bonds. The molecule has 1 aromatic heterocycles. The van der Waals surface area contributed by atoms with Gasteiger partial charge in [-0.25, -0.2) is 4.79 Å². The SMILES string of the molecule is C[C@@H](OC(=O)c1c[nH]ccc1=O)C(C)(C)CO. The Bertz CT molecular complexity index is 450. The van der Waals surface area contributed by atoms with E-state index in [0.29, 0.717) is 0 Å². The molecule has 0 aliphatic carbocycles. The summed E-state index contributed by atoms with van der Waals surface area (Å²) in [6.45, 7) is 5.14. The predicted octanol–water partition coefficient (Wildman–Crippen LogP) is 0.939. The van der Waals surface area contributed by atoms with E-state index in [0.717, 1.165) is 0 Å². The smallest absolute Gasteiger partial charge is 0.343 e. The lowest BCUT2D eigenvalue weighted by molar-refractivity contribution is -0.0182. The van der Waals surface area contributed by atoms with Crippen LogP contribution in [0.2, 0.25) is 0 Å². The van der Waals surface area contributed by atoms with Crippen LogP contribution in [0.25, 0.3) is 0 Å². The van der Waals surface area contributed by atoms with Crippen LogP contribution in [0.5, 0.6) is 0 Å². The number of aliphatic hydroxyl groups excluding tert-OH is 1. The van der Waals surface area contributed by atoms with Crippen molar-refractivity contribution < 1.29 is 14.6 Å². The van der Waals surface area contributed by atoms with Crippen molar-refractivity contribution in [2.75, 3.05) is 6.61 Å². The first-order chi connectivity index (χ1) is 7.88. The number of hydrogen-bond donors (Lipinski definition) is 2. The Morgan fingerprint density at radius 1 is 1.59 bits per heavy atom. The number of aromatic amines is 1. The number of H-pyrrole nitrogens is 1. The molecule has 5 nitrogen and oxygen atoms in total. The number of aromatic nitrogens is 1. The Hall–Kier alpha value is -1.62. The minimum atomic E-state index is -0.680. The molecular weight excluding hydrogens is 222 g/mol. The van der Waals surface area contributed by atoms with E-state index in [4.69, 9.17) is 9.84 Å². The molecule has 94 valence electrons. The highest BCUT2D eigenvalue weighted by Crippen LogP contribution is 2.22. The highest BCUT2D eigenvalue weighted by atomic mass is 16.5. The van der Waals surface area contributed by atoms with E-state index in [-0.39, 0.29) is 17.6 Å². The van der Waals surface area contributed by atoms with Crippen LogP contribution in [0.15, 0.2) is 23.3 Å². The number of carbonyl (C=O) groups excluding carboxylic acids is 1. The second-order valence-corrected chi connectivity index (χ2v) is 4.62. The summed E-state index contributed by atoms with van der Waals surface area (Å²) in [5.74, 6) is -0.680. The third-order valence-corrected chi connectivity index (χ3v) is 2.84. The molecule has 2 N–H and O–H groups in total. The topological polar surface area (TPSA) is 79.4 Å². The molecule has 0 saturated heterocycles. The molecule has 0 aliphatic heterocycles. The number of carbonyl (C=O) groups is 1. The number of pyridine rings is 1. The summed E-state index contributed by atoms with van der Waals surface area (Å²) in [7, 11) is 0. The van der Waals surface area contributed by atoms with E-state index >= 15 is 0 Å². The van der Waals surface area contributed by atoms with E-state index in [1.165, 1.54) is 18.5 Å². The third-order valence-electron chi connectivity index (χ3n) is 2.84. The fraction of sp³-hybridized carbons (Fsp3) is 0.500. The monoisotopic (exact) mass is 239 g/mol. The first-order valence-electron chi connectivity index (χ1n) is 5.37. The molecular formula is C12H17NO4. The zero-order valence-electron chi connectivity index (χ0n) is 10.2. The van der Waals surface area contributed by atoms with Gasteiger partial charge in [0.2, 0.25) is 0 Å². The molecule has 0 bridgehead atoms. The van der Waals surface area contributed by atoms with Gasteiger partial charge < -0.3 is 14.8 Å². The van der Waals surface area contributed by atoms with Gasteiger partial charge in [0.05, 0.1) is 6.61 Å². The van der Waals surface area contributed by atoms with Crippen molar-refractivity contribution in [3.63, 3.8) is 0 Å². The standard InChI is InChI=1S/C12H17NO4/c1-8(12(2,3)7-14)17-11(16)9-6-13-5-4-10(9)15/h4-6,8,14H,7H2,1-3H3,(H,13,15)/t8-/m1/s1. The van der Waals surface area contributed by atoms with Gasteiger partial charge in [-0.05, 0) is 6.92 Å². The third kappa shape index (κ3) is 3.17. The van der Waals surface area contributed by atoms with Gasteiger partial charge in [0.25, 0.3) is 0 Å². The van der Waals surface area contributed by atoms with E-state index in [1.807, 2.05) is 0 Å². The average Bonchev–Trinajstić information content (AvgIpc) is 2.29. The van der Waals surface area contributed by atoms with E-state index in [2.05, 4.69) is 4.98 Å². The molecule has 0 aromatic carbocycles. The number of hydrogen-bond acceptors (Lipinski definition) is 4. The zero-order chi connectivity index (χ0) is 13.1. The molecule has 1 aromatic rings. The lowest BCUT2D eigenvalue weighted by Crippen LogP contribution is -2.35. The van der Waals surface area contributed by atoms with Crippen LogP contribution in [0.1, 0.15) is 31.1 Å². The Labute approximate surface area is 99.4 Å². The molecule has 0 aliphatic rings. The Kier molecular flexibility index (Phi) is 4.07. The number of nitrogens with one attached hydrogen (secondary N) is 1.